The lowest BCUT2D eigenvalue weighted by atomic mass is 10.00. The van der Waals surface area contributed by atoms with E-state index in [0.29, 0.717) is 13.1 Å². The molecule has 23 heavy (non-hydrogen) atoms. The van der Waals surface area contributed by atoms with Crippen LogP contribution in [-0.2, 0) is 27.3 Å². The second-order valence-electron chi connectivity index (χ2n) is 6.09. The maximum Gasteiger partial charge on any atom is 0.320 e. The third-order valence-electron chi connectivity index (χ3n) is 4.59. The fourth-order valence-electron chi connectivity index (χ4n) is 3.27. The molecule has 1 amide bonds. The quantitative estimate of drug-likeness (QED) is 0.774. The molecule has 5 nitrogen and oxygen atoms in total. The molecule has 124 valence electrons. The van der Waals surface area contributed by atoms with Crippen LogP contribution in [0.25, 0.3) is 0 Å². The van der Waals surface area contributed by atoms with Crippen molar-refractivity contribution >= 4 is 23.6 Å². The molecule has 1 fully saturated rings. The Morgan fingerprint density at radius 1 is 1.35 bits per heavy atom. The van der Waals surface area contributed by atoms with Gasteiger partial charge in [-0.25, -0.2) is 0 Å². The first kappa shape index (κ1) is 16.3. The number of methoxy groups -OCH3 is 1. The highest BCUT2D eigenvalue weighted by atomic mass is 32.2. The molecular weight excluding hydrogens is 312 g/mol. The Balaban J connectivity index is 1.56. The molecule has 1 unspecified atom stereocenters. The average molecular weight is 335 g/mol. The van der Waals surface area contributed by atoms with Gasteiger partial charge in [-0.2, -0.15) is 0 Å². The predicted molar refractivity (Wildman–Crippen MR) is 89.4 cm³/mol. The SMILES string of the molecule is COC(=O)[C@H]1CN(C(=O)C[NH+]2CCc3ccccc3C2)CCS1. The van der Waals surface area contributed by atoms with E-state index in [-0.39, 0.29) is 17.1 Å². The summed E-state index contributed by atoms with van der Waals surface area (Å²) in [5, 5.41) is -0.241. The third-order valence-corrected chi connectivity index (χ3v) is 5.75. The molecule has 1 aromatic carbocycles. The lowest BCUT2D eigenvalue weighted by Gasteiger charge is -2.32. The highest BCUT2D eigenvalue weighted by Gasteiger charge is 2.31. The van der Waals surface area contributed by atoms with Crippen LogP contribution >= 0.6 is 11.8 Å². The number of fused-ring (bicyclic) bond motifs is 1. The Morgan fingerprint density at radius 2 is 2.13 bits per heavy atom. The number of nitrogens with zero attached hydrogens (tertiary/aromatic N) is 1. The molecule has 0 radical (unpaired) electrons. The number of nitrogens with one attached hydrogen (secondary N) is 1. The van der Waals surface area contributed by atoms with Crippen LogP contribution in [0.1, 0.15) is 11.1 Å². The largest absolute Gasteiger partial charge is 0.468 e. The summed E-state index contributed by atoms with van der Waals surface area (Å²) in [4.78, 5) is 27.4. The van der Waals surface area contributed by atoms with E-state index in [9.17, 15) is 9.59 Å². The van der Waals surface area contributed by atoms with Crippen molar-refractivity contribution in [3.05, 3.63) is 35.4 Å². The van der Waals surface area contributed by atoms with E-state index in [1.807, 2.05) is 4.90 Å². The van der Waals surface area contributed by atoms with Crippen molar-refractivity contribution in [3.8, 4) is 0 Å². The van der Waals surface area contributed by atoms with Gasteiger partial charge in [0.1, 0.15) is 11.8 Å². The number of amides is 1. The molecule has 1 aromatic rings. The van der Waals surface area contributed by atoms with Gasteiger partial charge < -0.3 is 14.5 Å². The molecule has 0 saturated carbocycles. The third kappa shape index (κ3) is 3.87. The molecule has 0 aliphatic carbocycles. The topological polar surface area (TPSA) is 51.0 Å². The standard InChI is InChI=1S/C17H22N2O3S/c1-22-17(21)15-11-19(8-9-23-15)16(20)12-18-7-6-13-4-2-3-5-14(13)10-18/h2-5,15H,6-12H2,1H3/p+1/t15-/m1/s1. The van der Waals surface area contributed by atoms with Crippen molar-refractivity contribution in [1.82, 2.24) is 4.90 Å². The van der Waals surface area contributed by atoms with Crippen molar-refractivity contribution in [3.63, 3.8) is 0 Å². The summed E-state index contributed by atoms with van der Waals surface area (Å²) < 4.78 is 4.80. The summed E-state index contributed by atoms with van der Waals surface area (Å²) >= 11 is 1.58. The molecule has 6 heteroatoms. The number of benzene rings is 1. The van der Waals surface area contributed by atoms with Gasteiger partial charge in [0.15, 0.2) is 6.54 Å². The van der Waals surface area contributed by atoms with Crippen molar-refractivity contribution < 1.29 is 19.2 Å². The highest BCUT2D eigenvalue weighted by molar-refractivity contribution is 8.00. The van der Waals surface area contributed by atoms with E-state index in [0.717, 1.165) is 31.8 Å². The van der Waals surface area contributed by atoms with Gasteiger partial charge in [0.05, 0.1) is 13.7 Å². The zero-order valence-corrected chi connectivity index (χ0v) is 14.2. The minimum atomic E-state index is -0.241. The van der Waals surface area contributed by atoms with E-state index in [1.165, 1.54) is 23.1 Å². The normalized spacial score (nSPS) is 24.0. The summed E-state index contributed by atoms with van der Waals surface area (Å²) in [7, 11) is 1.40. The first-order valence-electron chi connectivity index (χ1n) is 8.05. The summed E-state index contributed by atoms with van der Waals surface area (Å²) in [6.07, 6.45) is 1.03. The number of carbonyl (C=O) groups is 2. The van der Waals surface area contributed by atoms with Crippen LogP contribution in [0.15, 0.2) is 24.3 Å². The fourth-order valence-corrected chi connectivity index (χ4v) is 4.40. The lowest BCUT2D eigenvalue weighted by Crippen LogP contribution is -3.12. The van der Waals surface area contributed by atoms with Crippen LogP contribution in [0.5, 0.6) is 0 Å². The van der Waals surface area contributed by atoms with Gasteiger partial charge in [0.25, 0.3) is 5.91 Å². The van der Waals surface area contributed by atoms with Crippen LogP contribution in [-0.4, -0.2) is 61.1 Å². The van der Waals surface area contributed by atoms with Gasteiger partial charge in [-0.15, -0.1) is 11.8 Å². The number of thioether (sulfide) groups is 1. The summed E-state index contributed by atoms with van der Waals surface area (Å²) in [5.74, 6) is 0.712. The molecule has 2 aliphatic rings. The zero-order valence-electron chi connectivity index (χ0n) is 13.4. The second kappa shape index (κ2) is 7.36. The molecule has 2 aliphatic heterocycles. The Labute approximate surface area is 141 Å². The van der Waals surface area contributed by atoms with Crippen LogP contribution < -0.4 is 4.90 Å². The number of esters is 1. The Hall–Kier alpha value is -1.53. The molecule has 2 heterocycles. The zero-order chi connectivity index (χ0) is 16.2. The Morgan fingerprint density at radius 3 is 2.91 bits per heavy atom. The van der Waals surface area contributed by atoms with Crippen molar-refractivity contribution in [2.75, 3.05) is 39.0 Å². The van der Waals surface area contributed by atoms with E-state index >= 15 is 0 Å². The molecule has 0 bridgehead atoms. The van der Waals surface area contributed by atoms with Gasteiger partial charge >= 0.3 is 5.97 Å². The van der Waals surface area contributed by atoms with Crippen molar-refractivity contribution in [1.29, 1.82) is 0 Å². The van der Waals surface area contributed by atoms with Crippen LogP contribution in [0.2, 0.25) is 0 Å². The van der Waals surface area contributed by atoms with Gasteiger partial charge in [0, 0.05) is 30.8 Å². The molecule has 3 rings (SSSR count). The molecule has 0 spiro atoms. The fraction of sp³-hybridized carbons (Fsp3) is 0.529. The predicted octanol–water partition coefficient (Wildman–Crippen LogP) is -0.255. The smallest absolute Gasteiger partial charge is 0.320 e. The summed E-state index contributed by atoms with van der Waals surface area (Å²) in [6, 6.07) is 8.47. The second-order valence-corrected chi connectivity index (χ2v) is 7.41. The molecule has 2 atom stereocenters. The molecule has 1 N–H and O–H groups in total. The minimum Gasteiger partial charge on any atom is -0.468 e. The van der Waals surface area contributed by atoms with Gasteiger partial charge in [-0.05, 0) is 5.56 Å². The van der Waals surface area contributed by atoms with Gasteiger partial charge in [-0.3, -0.25) is 9.59 Å². The van der Waals surface area contributed by atoms with Crippen LogP contribution in [0, 0.1) is 0 Å². The number of ether oxygens (including phenoxy) is 1. The lowest BCUT2D eigenvalue weighted by molar-refractivity contribution is -0.908. The number of hydrogen-bond donors (Lipinski definition) is 1. The first-order chi connectivity index (χ1) is 11.2. The summed E-state index contributed by atoms with van der Waals surface area (Å²) in [5.41, 5.74) is 2.76. The maximum atomic E-state index is 12.6. The molecule has 0 aromatic heterocycles. The van der Waals surface area contributed by atoms with Crippen LogP contribution in [0.4, 0.5) is 0 Å². The van der Waals surface area contributed by atoms with Crippen LogP contribution in [0.3, 0.4) is 0 Å². The van der Waals surface area contributed by atoms with E-state index in [2.05, 4.69) is 24.3 Å². The minimum absolute atomic E-state index is 0.147. The maximum absolute atomic E-state index is 12.6. The van der Waals surface area contributed by atoms with Crippen molar-refractivity contribution in [2.45, 2.75) is 18.2 Å². The number of hydrogen-bond acceptors (Lipinski definition) is 4. The van der Waals surface area contributed by atoms with Gasteiger partial charge in [0.2, 0.25) is 0 Å². The van der Waals surface area contributed by atoms with Gasteiger partial charge in [-0.1, -0.05) is 24.3 Å². The molecular formula is C17H23N2O3S+. The van der Waals surface area contributed by atoms with E-state index in [4.69, 9.17) is 4.74 Å². The average Bonchev–Trinajstić information content (AvgIpc) is 2.61. The monoisotopic (exact) mass is 335 g/mol. The summed E-state index contributed by atoms with van der Waals surface area (Å²) in [6.45, 7) is 3.60. The highest BCUT2D eigenvalue weighted by Crippen LogP contribution is 2.19. The number of carbonyl (C=O) groups excluding carboxylic acids is 2. The number of rotatable bonds is 3. The Bertz CT molecular complexity index is 593. The number of quaternary nitrogens is 1. The first-order valence-corrected chi connectivity index (χ1v) is 9.10. The van der Waals surface area contributed by atoms with E-state index < -0.39 is 0 Å². The molecule has 1 saturated heterocycles. The Kier molecular flexibility index (Phi) is 5.23. The van der Waals surface area contributed by atoms with E-state index in [1.54, 1.807) is 11.8 Å². The van der Waals surface area contributed by atoms with Crippen molar-refractivity contribution in [2.24, 2.45) is 0 Å².